The summed E-state index contributed by atoms with van der Waals surface area (Å²) in [5, 5.41) is 0. The van der Waals surface area contributed by atoms with E-state index in [1.165, 1.54) is 0 Å². The van der Waals surface area contributed by atoms with E-state index < -0.39 is 13.8 Å². The van der Waals surface area contributed by atoms with E-state index in [0.29, 0.717) is 19.4 Å². The van der Waals surface area contributed by atoms with Gasteiger partial charge in [0.2, 0.25) is 0 Å². The fraction of sp³-hybridized carbons (Fsp3) is 1.00. The molecule has 0 aromatic heterocycles. The zero-order valence-corrected chi connectivity index (χ0v) is 11.0. The molecule has 2 unspecified atom stereocenters. The van der Waals surface area contributed by atoms with Gasteiger partial charge in [-0.25, -0.2) is 0 Å². The second kappa shape index (κ2) is 12.1. The molecule has 5 N–H and O–H groups in total. The molecule has 2 atom stereocenters. The topological polar surface area (TPSA) is 98.6 Å². The second-order valence-corrected chi connectivity index (χ2v) is 5.93. The third-order valence-corrected chi connectivity index (χ3v) is 3.77. The van der Waals surface area contributed by atoms with Crippen molar-refractivity contribution < 1.29 is 14.0 Å². The molecule has 0 saturated carbocycles. The normalized spacial score (nSPS) is 16.0. The molecule has 0 aliphatic rings. The summed E-state index contributed by atoms with van der Waals surface area (Å²) in [7, 11) is -3.47. The van der Waals surface area contributed by atoms with Crippen LogP contribution in [0.15, 0.2) is 0 Å². The first kappa shape index (κ1) is 20.4. The van der Waals surface area contributed by atoms with Crippen molar-refractivity contribution in [2.75, 3.05) is 12.7 Å². The molecular weight excluding hydrogens is 250 g/mol. The zero-order chi connectivity index (χ0) is 12.4. The number of rotatable bonds is 10. The van der Waals surface area contributed by atoms with E-state index in [0.717, 1.165) is 25.7 Å². The van der Waals surface area contributed by atoms with Crippen molar-refractivity contribution in [1.82, 2.24) is 0 Å². The summed E-state index contributed by atoms with van der Waals surface area (Å²) >= 11 is 0. The van der Waals surface area contributed by atoms with Crippen LogP contribution in [0, 0.1) is 0 Å². The van der Waals surface area contributed by atoms with Gasteiger partial charge >= 0.3 is 37.2 Å². The van der Waals surface area contributed by atoms with Crippen molar-refractivity contribution in [3.8, 4) is 0 Å². The first-order valence-electron chi connectivity index (χ1n) is 5.97. The molecule has 0 amide bonds. The Balaban J connectivity index is 0. The summed E-state index contributed by atoms with van der Waals surface area (Å²) in [5.74, 6) is 0. The Bertz CT molecular complexity index is 220. The molecule has 100 valence electrons. The van der Waals surface area contributed by atoms with Crippen molar-refractivity contribution in [1.29, 1.82) is 0 Å². The Labute approximate surface area is 126 Å². The summed E-state index contributed by atoms with van der Waals surface area (Å²) in [4.78, 5) is 9.45. The summed E-state index contributed by atoms with van der Waals surface area (Å²) in [6.45, 7) is 2.64. The first-order chi connectivity index (χ1) is 7.52. The summed E-state index contributed by atoms with van der Waals surface area (Å²) in [6.07, 6.45) is 4.55. The summed E-state index contributed by atoms with van der Waals surface area (Å²) in [6, 6.07) is 0. The third kappa shape index (κ3) is 13.3. The molecule has 0 spiro atoms. The van der Waals surface area contributed by atoms with E-state index in [2.05, 4.69) is 0 Å². The molecule has 0 saturated heterocycles. The fourth-order valence-corrected chi connectivity index (χ4v) is 2.69. The fourth-order valence-electron chi connectivity index (χ4n) is 1.34. The maximum atomic E-state index is 11.5. The molecule has 0 rings (SSSR count). The summed E-state index contributed by atoms with van der Waals surface area (Å²) < 4.78 is 16.5. The predicted molar refractivity (Wildman–Crippen MR) is 73.3 cm³/mol. The monoisotopic (exact) mass is 276 g/mol. The van der Waals surface area contributed by atoms with E-state index >= 15 is 0 Å². The van der Waals surface area contributed by atoms with Gasteiger partial charge < -0.3 is 16.4 Å². The van der Waals surface area contributed by atoms with E-state index in [9.17, 15) is 9.46 Å². The predicted octanol–water partition coefficient (Wildman–Crippen LogP) is 1.14. The molecular formula is C10H26N2NaO3P. The van der Waals surface area contributed by atoms with Gasteiger partial charge in [-0.15, -0.1) is 0 Å². The molecule has 0 heterocycles. The molecule has 5 nitrogen and oxygen atoms in total. The van der Waals surface area contributed by atoms with Gasteiger partial charge in [-0.1, -0.05) is 19.8 Å². The van der Waals surface area contributed by atoms with E-state index in [1.54, 1.807) is 0 Å². The maximum absolute atomic E-state index is 11.5. The average molecular weight is 276 g/mol. The number of hydrogen-bond acceptors (Lipinski definition) is 4. The Kier molecular flexibility index (Phi) is 14.5. The minimum atomic E-state index is -3.47. The number of hydrogen-bond donors (Lipinski definition) is 3. The van der Waals surface area contributed by atoms with Gasteiger partial charge in [0.1, 0.15) is 6.23 Å². The van der Waals surface area contributed by atoms with Gasteiger partial charge in [-0.05, 0) is 32.2 Å². The van der Waals surface area contributed by atoms with Gasteiger partial charge in [0.05, 0.1) is 6.16 Å². The van der Waals surface area contributed by atoms with Crippen LogP contribution in [0.25, 0.3) is 0 Å². The second-order valence-electron chi connectivity index (χ2n) is 4.00. The molecule has 17 heavy (non-hydrogen) atoms. The molecule has 0 radical (unpaired) electrons. The van der Waals surface area contributed by atoms with Crippen LogP contribution in [-0.2, 0) is 9.09 Å². The molecule has 0 fully saturated rings. The molecule has 0 aromatic carbocycles. The van der Waals surface area contributed by atoms with Crippen LogP contribution < -0.4 is 11.5 Å². The third-order valence-electron chi connectivity index (χ3n) is 2.29. The van der Waals surface area contributed by atoms with Crippen molar-refractivity contribution in [3.05, 3.63) is 0 Å². The van der Waals surface area contributed by atoms with E-state index in [-0.39, 0.29) is 35.7 Å². The zero-order valence-electron chi connectivity index (χ0n) is 10.1. The van der Waals surface area contributed by atoms with Crippen LogP contribution in [0.5, 0.6) is 0 Å². The van der Waals surface area contributed by atoms with Crippen LogP contribution >= 0.6 is 7.60 Å². The van der Waals surface area contributed by atoms with Crippen LogP contribution in [0.4, 0.5) is 0 Å². The molecule has 0 aliphatic carbocycles. The van der Waals surface area contributed by atoms with Gasteiger partial charge in [-0.3, -0.25) is 9.09 Å². The number of nitrogens with two attached hydrogens (primary N) is 2. The molecule has 0 aromatic rings. The van der Waals surface area contributed by atoms with Crippen molar-refractivity contribution in [2.45, 2.75) is 51.7 Å². The quantitative estimate of drug-likeness (QED) is 0.240. The molecule has 7 heteroatoms. The standard InChI is InChI=1S/C10H25N2O3P.Na.H/c1-2-3-9-16(13,14)15-10(12)7-5-4-6-8-11;;/h10H,2-9,11-12H2,1H3,(H,13,14);;. The van der Waals surface area contributed by atoms with Crippen LogP contribution in [0.3, 0.4) is 0 Å². The molecule has 0 aliphatic heterocycles. The molecule has 0 bridgehead atoms. The van der Waals surface area contributed by atoms with Crippen molar-refractivity contribution in [3.63, 3.8) is 0 Å². The van der Waals surface area contributed by atoms with E-state index in [1.807, 2.05) is 6.92 Å². The average Bonchev–Trinajstić information content (AvgIpc) is 2.21. The van der Waals surface area contributed by atoms with Gasteiger partial charge in [-0.2, -0.15) is 0 Å². The van der Waals surface area contributed by atoms with Gasteiger partial charge in [0, 0.05) is 0 Å². The Morgan fingerprint density at radius 1 is 1.29 bits per heavy atom. The Morgan fingerprint density at radius 3 is 2.47 bits per heavy atom. The van der Waals surface area contributed by atoms with Crippen LogP contribution in [-0.4, -0.2) is 53.4 Å². The van der Waals surface area contributed by atoms with Crippen LogP contribution in [0.1, 0.15) is 45.4 Å². The first-order valence-corrected chi connectivity index (χ1v) is 7.74. The minimum absolute atomic E-state index is 0. The van der Waals surface area contributed by atoms with Crippen molar-refractivity contribution in [2.24, 2.45) is 11.5 Å². The van der Waals surface area contributed by atoms with Crippen LogP contribution in [0.2, 0.25) is 0 Å². The van der Waals surface area contributed by atoms with Gasteiger partial charge in [0.15, 0.2) is 0 Å². The van der Waals surface area contributed by atoms with Gasteiger partial charge in [0.25, 0.3) is 0 Å². The number of unbranched alkanes of at least 4 members (excludes halogenated alkanes) is 3. The van der Waals surface area contributed by atoms with Crippen molar-refractivity contribution >= 4 is 37.2 Å². The SMILES string of the molecule is CCCCP(=O)(O)OC(N)CCCCCN.[NaH]. The van der Waals surface area contributed by atoms with E-state index in [4.69, 9.17) is 16.0 Å². The summed E-state index contributed by atoms with van der Waals surface area (Å²) in [5.41, 5.74) is 11.0. The Hall–Kier alpha value is 1.07. The Morgan fingerprint density at radius 2 is 1.94 bits per heavy atom.